The molecule has 0 atom stereocenters. The first-order valence-corrected chi connectivity index (χ1v) is 7.85. The van der Waals surface area contributed by atoms with Gasteiger partial charge in [0.05, 0.1) is 5.56 Å². The molecule has 3 aromatic rings. The van der Waals surface area contributed by atoms with E-state index >= 15 is 0 Å². The Kier molecular flexibility index (Phi) is 4.48. The summed E-state index contributed by atoms with van der Waals surface area (Å²) >= 11 is 0. The second-order valence-electron chi connectivity index (χ2n) is 5.91. The van der Waals surface area contributed by atoms with E-state index in [-0.39, 0.29) is 18.0 Å². The standard InChI is InChI=1S/C20H17NO4/c1-12-7-8-13(2)15(9-12)18(22)11-25-20(24)16-10-19(23)21-17-6-4-3-5-14(16)17/h3-10H,11H2,1-2H3,(H,21,23). The molecule has 3 rings (SSSR count). The van der Waals surface area contributed by atoms with Gasteiger partial charge in [0.2, 0.25) is 11.3 Å². The third-order valence-electron chi connectivity index (χ3n) is 4.00. The second kappa shape index (κ2) is 6.73. The van der Waals surface area contributed by atoms with Gasteiger partial charge in [-0.1, -0.05) is 35.9 Å². The van der Waals surface area contributed by atoms with Crippen LogP contribution < -0.4 is 5.56 Å². The van der Waals surface area contributed by atoms with Crippen molar-refractivity contribution < 1.29 is 14.3 Å². The minimum atomic E-state index is -0.694. The van der Waals surface area contributed by atoms with E-state index in [1.54, 1.807) is 30.3 Å². The topological polar surface area (TPSA) is 76.2 Å². The van der Waals surface area contributed by atoms with Crippen molar-refractivity contribution in [3.63, 3.8) is 0 Å². The number of pyridine rings is 1. The summed E-state index contributed by atoms with van der Waals surface area (Å²) < 4.78 is 5.16. The minimum absolute atomic E-state index is 0.146. The maximum Gasteiger partial charge on any atom is 0.339 e. The van der Waals surface area contributed by atoms with Gasteiger partial charge in [0.15, 0.2) is 6.61 Å². The quantitative estimate of drug-likeness (QED) is 0.587. The van der Waals surface area contributed by atoms with E-state index in [1.807, 2.05) is 26.0 Å². The predicted octanol–water partition coefficient (Wildman–Crippen LogP) is 3.18. The molecule has 1 aromatic heterocycles. The number of ether oxygens (including phenoxy) is 1. The Hall–Kier alpha value is -3.21. The summed E-state index contributed by atoms with van der Waals surface area (Å²) in [4.78, 5) is 39.1. The van der Waals surface area contributed by atoms with Crippen LogP contribution in [0.1, 0.15) is 31.8 Å². The lowest BCUT2D eigenvalue weighted by Crippen LogP contribution is -2.17. The Morgan fingerprint density at radius 1 is 1.00 bits per heavy atom. The van der Waals surface area contributed by atoms with Gasteiger partial charge in [-0.3, -0.25) is 9.59 Å². The van der Waals surface area contributed by atoms with Crippen LogP contribution in [0.15, 0.2) is 53.3 Å². The maximum absolute atomic E-state index is 12.4. The number of ketones is 1. The van der Waals surface area contributed by atoms with Crippen molar-refractivity contribution in [3.05, 3.63) is 81.1 Å². The molecule has 0 unspecified atom stereocenters. The molecule has 1 N–H and O–H groups in total. The summed E-state index contributed by atoms with van der Waals surface area (Å²) in [5, 5.41) is 0.575. The number of aromatic nitrogens is 1. The van der Waals surface area contributed by atoms with Gasteiger partial charge in [-0.15, -0.1) is 0 Å². The first-order chi connectivity index (χ1) is 12.0. The Morgan fingerprint density at radius 2 is 1.76 bits per heavy atom. The second-order valence-corrected chi connectivity index (χ2v) is 5.91. The number of carbonyl (C=O) groups is 2. The molecule has 25 heavy (non-hydrogen) atoms. The predicted molar refractivity (Wildman–Crippen MR) is 95.1 cm³/mol. The molecule has 1 heterocycles. The molecule has 0 aliphatic carbocycles. The number of hydrogen-bond donors (Lipinski definition) is 1. The van der Waals surface area contributed by atoms with Crippen LogP contribution in [-0.4, -0.2) is 23.3 Å². The van der Waals surface area contributed by atoms with Gasteiger partial charge < -0.3 is 9.72 Å². The molecule has 0 saturated heterocycles. The van der Waals surface area contributed by atoms with Crippen molar-refractivity contribution in [3.8, 4) is 0 Å². The number of carbonyl (C=O) groups excluding carboxylic acids is 2. The van der Waals surface area contributed by atoms with Crippen LogP contribution in [0.5, 0.6) is 0 Å². The summed E-state index contributed by atoms with van der Waals surface area (Å²) in [6.07, 6.45) is 0. The summed E-state index contributed by atoms with van der Waals surface area (Å²) in [5.74, 6) is -0.968. The largest absolute Gasteiger partial charge is 0.454 e. The lowest BCUT2D eigenvalue weighted by atomic mass is 10.0. The molecule has 0 spiro atoms. The third-order valence-corrected chi connectivity index (χ3v) is 4.00. The van der Waals surface area contributed by atoms with Crippen molar-refractivity contribution in [2.75, 3.05) is 6.61 Å². The van der Waals surface area contributed by atoms with E-state index in [0.717, 1.165) is 11.1 Å². The van der Waals surface area contributed by atoms with E-state index in [0.29, 0.717) is 16.5 Å². The number of hydrogen-bond acceptors (Lipinski definition) is 4. The number of nitrogens with one attached hydrogen (secondary N) is 1. The molecule has 0 fully saturated rings. The first kappa shape index (κ1) is 16.6. The number of aryl methyl sites for hydroxylation is 2. The molecular weight excluding hydrogens is 318 g/mol. The molecular formula is C20H17NO4. The highest BCUT2D eigenvalue weighted by molar-refractivity contribution is 6.05. The maximum atomic E-state index is 12.4. The Bertz CT molecular complexity index is 1030. The minimum Gasteiger partial charge on any atom is -0.454 e. The lowest BCUT2D eigenvalue weighted by Gasteiger charge is -2.09. The number of Topliss-reactive ketones (excluding diaryl/α,β-unsaturated/α-hetero) is 1. The monoisotopic (exact) mass is 335 g/mol. The molecule has 2 aromatic carbocycles. The number of esters is 1. The molecule has 0 aliphatic rings. The van der Waals surface area contributed by atoms with E-state index in [4.69, 9.17) is 4.74 Å². The number of benzene rings is 2. The van der Waals surface area contributed by atoms with Crippen LogP contribution in [-0.2, 0) is 4.74 Å². The first-order valence-electron chi connectivity index (χ1n) is 7.85. The van der Waals surface area contributed by atoms with Crippen molar-refractivity contribution in [2.45, 2.75) is 13.8 Å². The molecule has 0 radical (unpaired) electrons. The van der Waals surface area contributed by atoms with Gasteiger partial charge in [-0.2, -0.15) is 0 Å². The fourth-order valence-corrected chi connectivity index (χ4v) is 2.70. The van der Waals surface area contributed by atoms with Crippen LogP contribution in [0.25, 0.3) is 10.9 Å². The fourth-order valence-electron chi connectivity index (χ4n) is 2.70. The number of aromatic amines is 1. The molecule has 5 heteroatoms. The highest BCUT2D eigenvalue weighted by atomic mass is 16.5. The van der Waals surface area contributed by atoms with E-state index in [9.17, 15) is 14.4 Å². The average molecular weight is 335 g/mol. The molecule has 0 aliphatic heterocycles. The summed E-state index contributed by atoms with van der Waals surface area (Å²) in [6.45, 7) is 3.35. The Morgan fingerprint density at radius 3 is 2.56 bits per heavy atom. The van der Waals surface area contributed by atoms with Crippen molar-refractivity contribution >= 4 is 22.7 Å². The Labute approximate surface area is 144 Å². The zero-order valence-corrected chi connectivity index (χ0v) is 14.0. The average Bonchev–Trinajstić information content (AvgIpc) is 2.60. The van der Waals surface area contributed by atoms with E-state index < -0.39 is 11.5 Å². The van der Waals surface area contributed by atoms with Gasteiger partial charge in [0.1, 0.15) is 0 Å². The van der Waals surface area contributed by atoms with Crippen molar-refractivity contribution in [2.24, 2.45) is 0 Å². The highest BCUT2D eigenvalue weighted by Crippen LogP contribution is 2.16. The SMILES string of the molecule is Cc1ccc(C)c(C(=O)COC(=O)c2cc(=O)[nH]c3ccccc23)c1. The summed E-state index contributed by atoms with van der Waals surface area (Å²) in [5.41, 5.74) is 2.61. The normalized spacial score (nSPS) is 10.6. The zero-order chi connectivity index (χ0) is 18.0. The fraction of sp³-hybridized carbons (Fsp3) is 0.150. The van der Waals surface area contributed by atoms with E-state index in [2.05, 4.69) is 4.98 Å². The van der Waals surface area contributed by atoms with Crippen LogP contribution in [0.2, 0.25) is 0 Å². The van der Waals surface area contributed by atoms with Crippen LogP contribution in [0, 0.1) is 13.8 Å². The molecule has 0 bridgehead atoms. The Balaban J connectivity index is 1.83. The van der Waals surface area contributed by atoms with Crippen molar-refractivity contribution in [1.29, 1.82) is 0 Å². The molecule has 0 amide bonds. The van der Waals surface area contributed by atoms with Gasteiger partial charge in [-0.05, 0) is 31.5 Å². The van der Waals surface area contributed by atoms with Crippen LogP contribution in [0.3, 0.4) is 0 Å². The molecule has 126 valence electrons. The van der Waals surface area contributed by atoms with Gasteiger partial charge >= 0.3 is 5.97 Å². The number of para-hydroxylation sites is 1. The smallest absolute Gasteiger partial charge is 0.339 e. The number of H-pyrrole nitrogens is 1. The third kappa shape index (κ3) is 3.50. The van der Waals surface area contributed by atoms with Gasteiger partial charge in [0.25, 0.3) is 0 Å². The number of rotatable bonds is 4. The van der Waals surface area contributed by atoms with Gasteiger partial charge in [0, 0.05) is 22.5 Å². The highest BCUT2D eigenvalue weighted by Gasteiger charge is 2.16. The van der Waals surface area contributed by atoms with Crippen LogP contribution >= 0.6 is 0 Å². The van der Waals surface area contributed by atoms with Gasteiger partial charge in [-0.25, -0.2) is 4.79 Å². The number of fused-ring (bicyclic) bond motifs is 1. The molecule has 0 saturated carbocycles. The van der Waals surface area contributed by atoms with E-state index in [1.165, 1.54) is 6.07 Å². The molecule has 5 nitrogen and oxygen atoms in total. The zero-order valence-electron chi connectivity index (χ0n) is 14.0. The summed E-state index contributed by atoms with van der Waals surface area (Å²) in [6, 6.07) is 13.7. The lowest BCUT2D eigenvalue weighted by molar-refractivity contribution is 0.0476. The van der Waals surface area contributed by atoms with Crippen molar-refractivity contribution in [1.82, 2.24) is 4.98 Å². The van der Waals surface area contributed by atoms with Crippen LogP contribution in [0.4, 0.5) is 0 Å². The summed E-state index contributed by atoms with van der Waals surface area (Å²) in [7, 11) is 0.